The minimum Gasteiger partial charge on any atom is -0.496 e. The van der Waals surface area contributed by atoms with Crippen LogP contribution in [0.4, 0.5) is 10.6 Å². The molecule has 3 heterocycles. The first-order valence-electron chi connectivity index (χ1n) is 13.9. The molecule has 3 amide bonds. The summed E-state index contributed by atoms with van der Waals surface area (Å²) in [7, 11) is 1.63. The van der Waals surface area contributed by atoms with Gasteiger partial charge in [0.15, 0.2) is 0 Å². The van der Waals surface area contributed by atoms with Crippen molar-refractivity contribution in [1.29, 1.82) is 0 Å². The number of piperidine rings is 1. The molecule has 0 spiro atoms. The Morgan fingerprint density at radius 3 is 2.34 bits per heavy atom. The van der Waals surface area contributed by atoms with Crippen molar-refractivity contribution in [1.82, 2.24) is 24.3 Å². The van der Waals surface area contributed by atoms with Crippen LogP contribution in [0.25, 0.3) is 5.69 Å². The lowest BCUT2D eigenvalue weighted by atomic mass is 10.1. The lowest BCUT2D eigenvalue weighted by molar-refractivity contribution is -0.137. The number of nitrogens with one attached hydrogen (secondary N) is 1. The fourth-order valence-corrected chi connectivity index (χ4v) is 6.02. The van der Waals surface area contributed by atoms with Crippen molar-refractivity contribution in [2.75, 3.05) is 64.8 Å². The number of hydrogen-bond acceptors (Lipinski definition) is 8. The van der Waals surface area contributed by atoms with Crippen LogP contribution in [0.15, 0.2) is 35.3 Å². The van der Waals surface area contributed by atoms with Crippen molar-refractivity contribution in [3.05, 3.63) is 46.5 Å². The molecular formula is C28H41ClN8O4. The molecule has 0 radical (unpaired) electrons. The summed E-state index contributed by atoms with van der Waals surface area (Å²) in [5.74, 6) is 3.00. The van der Waals surface area contributed by atoms with Crippen LogP contribution in [0.2, 0.25) is 0 Å². The molecule has 1 aliphatic carbocycles. The Labute approximate surface area is 246 Å². The van der Waals surface area contributed by atoms with E-state index < -0.39 is 11.2 Å². The molecule has 0 bridgehead atoms. The number of fused-ring (bicyclic) bond motifs is 1. The van der Waals surface area contributed by atoms with Crippen LogP contribution < -0.4 is 27.2 Å². The number of urea groups is 1. The number of methoxy groups -OCH3 is 1. The number of benzene rings is 1. The Hall–Kier alpha value is -3.19. The third-order valence-electron chi connectivity index (χ3n) is 8.41. The summed E-state index contributed by atoms with van der Waals surface area (Å²) in [6.45, 7) is 8.87. The minimum atomic E-state index is -0.953. The van der Waals surface area contributed by atoms with E-state index in [0.717, 1.165) is 55.7 Å². The number of nitrogens with two attached hydrogens (primary N) is 2. The van der Waals surface area contributed by atoms with E-state index in [9.17, 15) is 14.4 Å². The molecule has 3 fully saturated rings. The molecule has 2 aliphatic heterocycles. The largest absolute Gasteiger partial charge is 0.496 e. The van der Waals surface area contributed by atoms with Gasteiger partial charge in [0, 0.05) is 58.1 Å². The quantitative estimate of drug-likeness (QED) is 0.409. The number of hydrogen-bond donors (Lipinski definition) is 3. The van der Waals surface area contributed by atoms with E-state index in [0.29, 0.717) is 37.8 Å². The molecule has 41 heavy (non-hydrogen) atoms. The van der Waals surface area contributed by atoms with Gasteiger partial charge in [0.05, 0.1) is 18.3 Å². The normalized spacial score (nSPS) is 22.1. The second-order valence-electron chi connectivity index (χ2n) is 11.6. The van der Waals surface area contributed by atoms with E-state index in [1.165, 1.54) is 4.57 Å². The van der Waals surface area contributed by atoms with Gasteiger partial charge < -0.3 is 30.9 Å². The Morgan fingerprint density at radius 1 is 1.10 bits per heavy atom. The summed E-state index contributed by atoms with van der Waals surface area (Å²) in [5, 5.41) is 2.69. The van der Waals surface area contributed by atoms with E-state index >= 15 is 0 Å². The summed E-state index contributed by atoms with van der Waals surface area (Å²) in [4.78, 5) is 47.8. The van der Waals surface area contributed by atoms with Gasteiger partial charge in [0.25, 0.3) is 0 Å². The van der Waals surface area contributed by atoms with Crippen LogP contribution in [0.3, 0.4) is 0 Å². The highest BCUT2D eigenvalue weighted by molar-refractivity contribution is 5.89. The highest BCUT2D eigenvalue weighted by Crippen LogP contribution is 2.50. The average molecular weight is 589 g/mol. The Kier molecular flexibility index (Phi) is 9.27. The molecular weight excluding hydrogens is 548 g/mol. The fraction of sp³-hybridized carbons (Fsp3) is 0.571. The van der Waals surface area contributed by atoms with E-state index in [1.54, 1.807) is 43.0 Å². The summed E-state index contributed by atoms with van der Waals surface area (Å²) in [6, 6.07) is 6.93. The molecule has 2 unspecified atom stereocenters. The number of carbonyl (C=O) groups excluding carboxylic acids is 2. The van der Waals surface area contributed by atoms with Crippen LogP contribution in [0.5, 0.6) is 5.75 Å². The Morgan fingerprint density at radius 2 is 1.76 bits per heavy atom. The highest BCUT2D eigenvalue weighted by Gasteiger charge is 2.54. The summed E-state index contributed by atoms with van der Waals surface area (Å²) in [5.41, 5.74) is 12.0. The topological polar surface area (TPSA) is 152 Å². The first kappa shape index (κ1) is 30.8. The summed E-state index contributed by atoms with van der Waals surface area (Å²) >= 11 is 0. The van der Waals surface area contributed by atoms with Gasteiger partial charge in [-0.25, -0.2) is 9.59 Å². The van der Waals surface area contributed by atoms with Crippen molar-refractivity contribution in [3.8, 4) is 11.4 Å². The predicted molar refractivity (Wildman–Crippen MR) is 159 cm³/mol. The molecule has 224 valence electrons. The molecule has 3 aliphatic rings. The molecule has 2 aromatic rings. The number of aromatic nitrogens is 2. The molecule has 12 nitrogen and oxygen atoms in total. The lowest BCUT2D eigenvalue weighted by Gasteiger charge is -2.37. The zero-order chi connectivity index (χ0) is 28.6. The third-order valence-corrected chi connectivity index (χ3v) is 8.41. The van der Waals surface area contributed by atoms with Crippen LogP contribution in [0.1, 0.15) is 19.4 Å². The first-order valence-corrected chi connectivity index (χ1v) is 13.9. The Bertz CT molecular complexity index is 1310. The average Bonchev–Trinajstić information content (AvgIpc) is 3.42. The highest BCUT2D eigenvalue weighted by atomic mass is 35.5. The van der Waals surface area contributed by atoms with Crippen LogP contribution >= 0.6 is 12.4 Å². The maximum atomic E-state index is 12.9. The van der Waals surface area contributed by atoms with Gasteiger partial charge in [0.1, 0.15) is 11.6 Å². The van der Waals surface area contributed by atoms with Crippen molar-refractivity contribution in [2.24, 2.45) is 29.2 Å². The van der Waals surface area contributed by atoms with Crippen molar-refractivity contribution < 1.29 is 14.3 Å². The minimum absolute atomic E-state index is 0. The van der Waals surface area contributed by atoms with Crippen molar-refractivity contribution in [2.45, 2.75) is 25.8 Å². The number of nitrogens with zero attached hydrogens (tertiary/aromatic N) is 5. The van der Waals surface area contributed by atoms with E-state index in [4.69, 9.17) is 16.2 Å². The van der Waals surface area contributed by atoms with Gasteiger partial charge in [0.2, 0.25) is 5.91 Å². The van der Waals surface area contributed by atoms with E-state index in [1.807, 2.05) is 18.2 Å². The molecule has 5 N–H and O–H groups in total. The lowest BCUT2D eigenvalue weighted by Crippen LogP contribution is -2.58. The zero-order valence-corrected chi connectivity index (χ0v) is 24.7. The molecule has 13 heteroatoms. The number of amides is 3. The molecule has 1 aromatic heterocycles. The Balaban J connectivity index is 0.00000387. The maximum Gasteiger partial charge on any atom is 0.354 e. The zero-order valence-electron chi connectivity index (χ0n) is 23.9. The number of anilines is 1. The number of ether oxygens (including phenoxy) is 1. The van der Waals surface area contributed by atoms with Crippen molar-refractivity contribution in [3.63, 3.8) is 0 Å². The smallest absolute Gasteiger partial charge is 0.354 e. The summed E-state index contributed by atoms with van der Waals surface area (Å²) in [6.07, 6.45) is 2.45. The summed E-state index contributed by atoms with van der Waals surface area (Å²) < 4.78 is 7.06. The monoisotopic (exact) mass is 588 g/mol. The number of rotatable bonds is 8. The van der Waals surface area contributed by atoms with Gasteiger partial charge in [-0.1, -0.05) is 6.07 Å². The first-order chi connectivity index (χ1) is 19.1. The standard InChI is InChI=1S/C28H40N8O4.ClH/c1-28(2,30)25(37)34-10-12-35(13-11-34)26(38)31-24-7-9-36(27(39)32-24)19-5-4-18(23(14-19)40-3)6-8-33-16-21-20(15-29)22(21)17-33;/h4-5,7,9,14,20-22H,6,8,10-13,15-17,29-30H2,1-3H3,(H,31,32,38,39);1H. The van der Waals surface area contributed by atoms with Crippen molar-refractivity contribution >= 4 is 30.2 Å². The van der Waals surface area contributed by atoms with E-state index in [-0.39, 0.29) is 30.2 Å². The third kappa shape index (κ3) is 6.66. The molecule has 2 saturated heterocycles. The molecule has 2 atom stereocenters. The van der Waals surface area contributed by atoms with Gasteiger partial charge in [-0.15, -0.1) is 12.4 Å². The number of carbonyl (C=O) groups is 2. The molecule has 1 aromatic carbocycles. The van der Waals surface area contributed by atoms with Gasteiger partial charge in [-0.05, 0) is 62.3 Å². The maximum absolute atomic E-state index is 12.9. The van der Waals surface area contributed by atoms with Crippen LogP contribution in [0, 0.1) is 17.8 Å². The number of piperazine rings is 1. The van der Waals surface area contributed by atoms with E-state index in [2.05, 4.69) is 15.2 Å². The van der Waals surface area contributed by atoms with Gasteiger partial charge in [-0.3, -0.25) is 14.7 Å². The van der Waals surface area contributed by atoms with Gasteiger partial charge >= 0.3 is 11.7 Å². The second kappa shape index (κ2) is 12.4. The molecule has 5 rings (SSSR count). The van der Waals surface area contributed by atoms with Gasteiger partial charge in [-0.2, -0.15) is 4.98 Å². The fourth-order valence-electron chi connectivity index (χ4n) is 6.02. The second-order valence-corrected chi connectivity index (χ2v) is 11.6. The van der Waals surface area contributed by atoms with Crippen LogP contribution in [-0.4, -0.2) is 101 Å². The predicted octanol–water partition coefficient (Wildman–Crippen LogP) is 0.755. The number of halogens is 1. The van der Waals surface area contributed by atoms with Crippen LogP contribution in [-0.2, 0) is 11.2 Å². The number of likely N-dealkylation sites (tertiary alicyclic amines) is 1. The SMILES string of the molecule is COc1cc(-n2ccc(NC(=O)N3CCN(C(=O)C(C)(C)N)CC3)nc2=O)ccc1CCN1CC2C(CN)C2C1.Cl. The molecule has 1 saturated carbocycles.